The van der Waals surface area contributed by atoms with Crippen molar-refractivity contribution in [2.45, 2.75) is 50.3 Å². The Labute approximate surface area is 143 Å². The van der Waals surface area contributed by atoms with E-state index < -0.39 is 0 Å². The highest BCUT2D eigenvalue weighted by Crippen LogP contribution is 2.23. The number of hydrogen-bond acceptors (Lipinski definition) is 4. The maximum Gasteiger partial charge on any atom is 0.274 e. The number of carbonyl (C=O) groups is 1. The lowest BCUT2D eigenvalue weighted by atomic mass is 10.1. The van der Waals surface area contributed by atoms with Crippen molar-refractivity contribution in [3.63, 3.8) is 0 Å². The molecule has 0 radical (unpaired) electrons. The van der Waals surface area contributed by atoms with E-state index in [0.717, 1.165) is 44.8 Å². The molecule has 2 aliphatic heterocycles. The third-order valence-corrected chi connectivity index (χ3v) is 5.98. The monoisotopic (exact) mass is 336 g/mol. The minimum absolute atomic E-state index is 0.108. The first-order valence-corrected chi connectivity index (χ1v) is 9.99. The van der Waals surface area contributed by atoms with Crippen LogP contribution >= 0.6 is 11.8 Å². The van der Waals surface area contributed by atoms with Crippen LogP contribution in [-0.4, -0.2) is 57.8 Å². The van der Waals surface area contributed by atoms with Gasteiger partial charge in [0, 0.05) is 31.1 Å². The topological polar surface area (TPSA) is 50.2 Å². The molecule has 2 saturated heterocycles. The zero-order chi connectivity index (χ0) is 16.1. The van der Waals surface area contributed by atoms with Crippen molar-refractivity contribution in [1.82, 2.24) is 20.0 Å². The Kier molecular flexibility index (Phi) is 6.00. The van der Waals surface area contributed by atoms with Crippen LogP contribution in [0, 0.1) is 0 Å². The molecule has 0 saturated carbocycles. The summed E-state index contributed by atoms with van der Waals surface area (Å²) >= 11 is 1.98. The van der Waals surface area contributed by atoms with Crippen molar-refractivity contribution in [1.29, 1.82) is 0 Å². The summed E-state index contributed by atoms with van der Waals surface area (Å²) in [4.78, 5) is 14.8. The van der Waals surface area contributed by atoms with Crippen LogP contribution in [0.15, 0.2) is 12.3 Å². The Hall–Kier alpha value is -1.01. The number of amides is 1. The van der Waals surface area contributed by atoms with Crippen LogP contribution in [0.1, 0.15) is 55.6 Å². The minimum Gasteiger partial charge on any atom is -0.336 e. The van der Waals surface area contributed by atoms with E-state index >= 15 is 0 Å². The largest absolute Gasteiger partial charge is 0.336 e. The maximum atomic E-state index is 12.8. The van der Waals surface area contributed by atoms with Crippen LogP contribution in [0.25, 0.3) is 0 Å². The van der Waals surface area contributed by atoms with Gasteiger partial charge in [-0.2, -0.15) is 16.9 Å². The van der Waals surface area contributed by atoms with Gasteiger partial charge in [-0.05, 0) is 44.0 Å². The quantitative estimate of drug-likeness (QED) is 0.918. The van der Waals surface area contributed by atoms with Crippen molar-refractivity contribution >= 4 is 17.7 Å². The highest BCUT2D eigenvalue weighted by atomic mass is 32.2. The summed E-state index contributed by atoms with van der Waals surface area (Å²) in [5, 5.41) is 8.57. The van der Waals surface area contributed by atoms with Gasteiger partial charge in [0.15, 0.2) is 0 Å². The fourth-order valence-electron chi connectivity index (χ4n) is 3.54. The Morgan fingerprint density at radius 3 is 3.09 bits per heavy atom. The van der Waals surface area contributed by atoms with Crippen LogP contribution < -0.4 is 5.32 Å². The molecule has 128 valence electrons. The van der Waals surface area contributed by atoms with Crippen molar-refractivity contribution in [3.05, 3.63) is 18.0 Å². The first-order valence-electron chi connectivity index (χ1n) is 8.94. The molecule has 2 aliphatic rings. The lowest BCUT2D eigenvalue weighted by Crippen LogP contribution is -2.36. The molecule has 0 aliphatic carbocycles. The van der Waals surface area contributed by atoms with Gasteiger partial charge in [-0.3, -0.25) is 9.48 Å². The van der Waals surface area contributed by atoms with E-state index in [1.54, 1.807) is 0 Å². The molecule has 5 nitrogen and oxygen atoms in total. The van der Waals surface area contributed by atoms with Gasteiger partial charge < -0.3 is 10.2 Å². The van der Waals surface area contributed by atoms with E-state index in [1.165, 1.54) is 19.3 Å². The molecule has 23 heavy (non-hydrogen) atoms. The van der Waals surface area contributed by atoms with Crippen LogP contribution in [0.2, 0.25) is 0 Å². The number of likely N-dealkylation sites (tertiary alicyclic amines) is 1. The van der Waals surface area contributed by atoms with Gasteiger partial charge in [-0.1, -0.05) is 13.3 Å². The minimum atomic E-state index is 0.108. The molecule has 2 fully saturated rings. The molecule has 6 heteroatoms. The highest BCUT2D eigenvalue weighted by molar-refractivity contribution is 7.99. The fraction of sp³-hybridized carbons (Fsp3) is 0.765. The summed E-state index contributed by atoms with van der Waals surface area (Å²) in [6, 6.07) is 2.28. The predicted octanol–water partition coefficient (Wildman–Crippen LogP) is 2.56. The lowest BCUT2D eigenvalue weighted by Gasteiger charge is -2.24. The normalized spacial score (nSPS) is 26.0. The first-order chi connectivity index (χ1) is 11.3. The highest BCUT2D eigenvalue weighted by Gasteiger charge is 2.25. The van der Waals surface area contributed by atoms with Crippen LogP contribution in [0.4, 0.5) is 0 Å². The molecule has 3 heterocycles. The summed E-state index contributed by atoms with van der Waals surface area (Å²) in [5.74, 6) is 1.23. The van der Waals surface area contributed by atoms with Gasteiger partial charge in [0.1, 0.15) is 5.69 Å². The van der Waals surface area contributed by atoms with Crippen LogP contribution in [0.5, 0.6) is 0 Å². The third kappa shape index (κ3) is 4.29. The molecule has 1 amide bonds. The van der Waals surface area contributed by atoms with Gasteiger partial charge in [0.05, 0.1) is 6.04 Å². The van der Waals surface area contributed by atoms with Gasteiger partial charge in [0.2, 0.25) is 0 Å². The molecular weight excluding hydrogens is 308 g/mol. The maximum absolute atomic E-state index is 12.8. The molecule has 0 bridgehead atoms. The van der Waals surface area contributed by atoms with E-state index in [1.807, 2.05) is 33.6 Å². The van der Waals surface area contributed by atoms with Crippen molar-refractivity contribution in [2.24, 2.45) is 0 Å². The number of carbonyl (C=O) groups excluding carboxylic acids is 1. The van der Waals surface area contributed by atoms with E-state index in [9.17, 15) is 4.79 Å². The van der Waals surface area contributed by atoms with Gasteiger partial charge >= 0.3 is 0 Å². The van der Waals surface area contributed by atoms with Crippen molar-refractivity contribution < 1.29 is 4.79 Å². The standard InChI is InChI=1S/C17H28N4OS/c1-2-23-15-7-3-4-10-20(13-15)17(22)16-8-11-21(19-16)14-6-5-9-18-12-14/h8,11,14-15,18H,2-7,9-10,12-13H2,1H3. The molecule has 1 N–H and O–H groups in total. The SMILES string of the molecule is CCSC1CCCCN(C(=O)c2ccn(C3CCCNC3)n2)C1. The smallest absolute Gasteiger partial charge is 0.274 e. The predicted molar refractivity (Wildman–Crippen MR) is 95.0 cm³/mol. The van der Waals surface area contributed by atoms with E-state index in [2.05, 4.69) is 17.3 Å². The molecular formula is C17H28N4OS. The average Bonchev–Trinajstić information content (AvgIpc) is 2.96. The van der Waals surface area contributed by atoms with E-state index in [-0.39, 0.29) is 5.91 Å². The number of thioether (sulfide) groups is 1. The van der Waals surface area contributed by atoms with Crippen molar-refractivity contribution in [2.75, 3.05) is 31.9 Å². The Morgan fingerprint density at radius 2 is 2.30 bits per heavy atom. The molecule has 1 aromatic rings. The molecule has 3 rings (SSSR count). The molecule has 2 unspecified atom stereocenters. The zero-order valence-electron chi connectivity index (χ0n) is 14.0. The van der Waals surface area contributed by atoms with Crippen LogP contribution in [0.3, 0.4) is 0 Å². The number of hydrogen-bond donors (Lipinski definition) is 1. The molecule has 0 spiro atoms. The average molecular weight is 337 g/mol. The van der Waals surface area contributed by atoms with Gasteiger partial charge in [0.25, 0.3) is 5.91 Å². The molecule has 0 aromatic carbocycles. The number of aromatic nitrogens is 2. The van der Waals surface area contributed by atoms with Gasteiger partial charge in [-0.25, -0.2) is 0 Å². The third-order valence-electron chi connectivity index (χ3n) is 4.79. The number of piperidine rings is 1. The lowest BCUT2D eigenvalue weighted by molar-refractivity contribution is 0.0756. The summed E-state index contributed by atoms with van der Waals surface area (Å²) in [6.45, 7) is 5.98. The Balaban J connectivity index is 1.65. The number of nitrogens with one attached hydrogen (secondary N) is 1. The fourth-order valence-corrected chi connectivity index (χ4v) is 4.63. The first kappa shape index (κ1) is 16.8. The second-order valence-electron chi connectivity index (χ2n) is 6.51. The zero-order valence-corrected chi connectivity index (χ0v) is 14.9. The summed E-state index contributed by atoms with van der Waals surface area (Å²) in [5.41, 5.74) is 0.609. The van der Waals surface area contributed by atoms with Crippen molar-refractivity contribution in [3.8, 4) is 0 Å². The Bertz CT molecular complexity index is 512. The number of rotatable bonds is 4. The second kappa shape index (κ2) is 8.20. The molecule has 2 atom stereocenters. The Morgan fingerprint density at radius 1 is 1.39 bits per heavy atom. The van der Waals surface area contributed by atoms with Crippen LogP contribution in [-0.2, 0) is 0 Å². The second-order valence-corrected chi connectivity index (χ2v) is 8.08. The molecule has 1 aromatic heterocycles. The summed E-state index contributed by atoms with van der Waals surface area (Å²) < 4.78 is 1.98. The van der Waals surface area contributed by atoms with Gasteiger partial charge in [-0.15, -0.1) is 0 Å². The van der Waals surface area contributed by atoms with E-state index in [4.69, 9.17) is 0 Å². The summed E-state index contributed by atoms with van der Waals surface area (Å²) in [7, 11) is 0. The summed E-state index contributed by atoms with van der Waals surface area (Å²) in [6.07, 6.45) is 7.85. The van der Waals surface area contributed by atoms with E-state index in [0.29, 0.717) is 17.0 Å². The number of nitrogens with zero attached hydrogens (tertiary/aromatic N) is 3.